The molecular weight excluding hydrogens is 232 g/mol. The molecule has 0 saturated carbocycles. The molecule has 3 heterocycles. The van der Waals surface area contributed by atoms with E-state index in [1.54, 1.807) is 11.3 Å². The van der Waals surface area contributed by atoms with E-state index >= 15 is 0 Å². The predicted octanol–water partition coefficient (Wildman–Crippen LogP) is 2.23. The number of rotatable bonds is 2. The summed E-state index contributed by atoms with van der Waals surface area (Å²) in [5.41, 5.74) is 2.40. The second-order valence-electron chi connectivity index (χ2n) is 4.60. The Hall–Kier alpha value is -1.20. The summed E-state index contributed by atoms with van der Waals surface area (Å²) >= 11 is 1.79. The van der Waals surface area contributed by atoms with E-state index in [4.69, 9.17) is 4.98 Å². The van der Waals surface area contributed by atoms with Gasteiger partial charge in [-0.2, -0.15) is 0 Å². The molecule has 3 rings (SSSR count). The van der Waals surface area contributed by atoms with E-state index < -0.39 is 0 Å². The molecule has 0 fully saturated rings. The second kappa shape index (κ2) is 4.23. The van der Waals surface area contributed by atoms with Crippen LogP contribution in [0.4, 0.5) is 0 Å². The third-order valence-corrected chi connectivity index (χ3v) is 4.16. The fourth-order valence-electron chi connectivity index (χ4n) is 2.12. The van der Waals surface area contributed by atoms with E-state index in [9.17, 15) is 0 Å². The molecular formula is C12H16N4S. The Morgan fingerprint density at radius 1 is 1.47 bits per heavy atom. The smallest absolute Gasteiger partial charge is 0.142 e. The Bertz CT molecular complexity index is 503. The molecule has 90 valence electrons. The first-order valence-electron chi connectivity index (χ1n) is 5.97. The van der Waals surface area contributed by atoms with Gasteiger partial charge in [-0.25, -0.2) is 9.97 Å². The SMILES string of the molecule is CC(C)n1cncc1-c1nc2c(s1)CNCC2. The van der Waals surface area contributed by atoms with Crippen LogP contribution in [0, 0.1) is 0 Å². The summed E-state index contributed by atoms with van der Waals surface area (Å²) < 4.78 is 2.18. The lowest BCUT2D eigenvalue weighted by Gasteiger charge is -2.09. The molecule has 0 spiro atoms. The van der Waals surface area contributed by atoms with Gasteiger partial charge in [0, 0.05) is 30.4 Å². The number of nitrogens with zero attached hydrogens (tertiary/aromatic N) is 3. The minimum atomic E-state index is 0.423. The highest BCUT2D eigenvalue weighted by Gasteiger charge is 2.18. The van der Waals surface area contributed by atoms with Crippen LogP contribution in [-0.2, 0) is 13.0 Å². The van der Waals surface area contributed by atoms with E-state index in [1.807, 2.05) is 12.5 Å². The Labute approximate surface area is 105 Å². The summed E-state index contributed by atoms with van der Waals surface area (Å²) in [6.45, 7) is 6.34. The van der Waals surface area contributed by atoms with Gasteiger partial charge < -0.3 is 9.88 Å². The van der Waals surface area contributed by atoms with Crippen LogP contribution in [0.1, 0.15) is 30.5 Å². The normalized spacial score (nSPS) is 15.2. The average molecular weight is 248 g/mol. The van der Waals surface area contributed by atoms with Crippen molar-refractivity contribution in [1.82, 2.24) is 19.9 Å². The lowest BCUT2D eigenvalue weighted by Crippen LogP contribution is -2.22. The number of hydrogen-bond acceptors (Lipinski definition) is 4. The highest BCUT2D eigenvalue weighted by molar-refractivity contribution is 7.15. The Morgan fingerprint density at radius 3 is 3.12 bits per heavy atom. The van der Waals surface area contributed by atoms with Crippen LogP contribution in [0.3, 0.4) is 0 Å². The summed E-state index contributed by atoms with van der Waals surface area (Å²) in [5, 5.41) is 4.49. The summed E-state index contributed by atoms with van der Waals surface area (Å²) in [6, 6.07) is 0.423. The van der Waals surface area contributed by atoms with Gasteiger partial charge in [-0.3, -0.25) is 0 Å². The molecule has 0 bridgehead atoms. The second-order valence-corrected chi connectivity index (χ2v) is 5.68. The van der Waals surface area contributed by atoms with Gasteiger partial charge >= 0.3 is 0 Å². The molecule has 2 aromatic rings. The minimum absolute atomic E-state index is 0.423. The average Bonchev–Trinajstić information content (AvgIpc) is 2.95. The first-order valence-corrected chi connectivity index (χ1v) is 6.79. The largest absolute Gasteiger partial charge is 0.326 e. The van der Waals surface area contributed by atoms with Crippen molar-refractivity contribution in [3.63, 3.8) is 0 Å². The maximum absolute atomic E-state index is 4.75. The van der Waals surface area contributed by atoms with Crippen molar-refractivity contribution in [2.45, 2.75) is 32.9 Å². The molecule has 1 aliphatic heterocycles. The summed E-state index contributed by atoms with van der Waals surface area (Å²) in [7, 11) is 0. The fourth-order valence-corrected chi connectivity index (χ4v) is 3.21. The summed E-state index contributed by atoms with van der Waals surface area (Å²) in [6.07, 6.45) is 4.85. The van der Waals surface area contributed by atoms with Crippen molar-refractivity contribution in [3.05, 3.63) is 23.1 Å². The molecule has 1 N–H and O–H groups in total. The molecule has 0 amide bonds. The van der Waals surface area contributed by atoms with Crippen LogP contribution in [0.25, 0.3) is 10.7 Å². The highest BCUT2D eigenvalue weighted by atomic mass is 32.1. The zero-order chi connectivity index (χ0) is 11.8. The van der Waals surface area contributed by atoms with E-state index in [1.165, 1.54) is 10.6 Å². The molecule has 0 radical (unpaired) electrons. The number of imidazole rings is 1. The first-order chi connectivity index (χ1) is 8.25. The van der Waals surface area contributed by atoms with Gasteiger partial charge in [0.15, 0.2) is 0 Å². The number of thiazole rings is 1. The van der Waals surface area contributed by atoms with Gasteiger partial charge in [0.2, 0.25) is 0 Å². The Balaban J connectivity index is 2.03. The molecule has 0 atom stereocenters. The topological polar surface area (TPSA) is 42.7 Å². The third kappa shape index (κ3) is 1.89. The quantitative estimate of drug-likeness (QED) is 0.886. The van der Waals surface area contributed by atoms with Crippen molar-refractivity contribution in [2.75, 3.05) is 6.54 Å². The number of fused-ring (bicyclic) bond motifs is 1. The van der Waals surface area contributed by atoms with Gasteiger partial charge in [-0.1, -0.05) is 0 Å². The van der Waals surface area contributed by atoms with Crippen LogP contribution in [0.15, 0.2) is 12.5 Å². The van der Waals surface area contributed by atoms with E-state index in [2.05, 4.69) is 28.7 Å². The van der Waals surface area contributed by atoms with Crippen molar-refractivity contribution in [1.29, 1.82) is 0 Å². The zero-order valence-electron chi connectivity index (χ0n) is 10.1. The van der Waals surface area contributed by atoms with Gasteiger partial charge in [0.25, 0.3) is 0 Å². The van der Waals surface area contributed by atoms with Crippen LogP contribution in [0.5, 0.6) is 0 Å². The van der Waals surface area contributed by atoms with Crippen molar-refractivity contribution in [2.24, 2.45) is 0 Å². The predicted molar refractivity (Wildman–Crippen MR) is 69.1 cm³/mol. The molecule has 0 aromatic carbocycles. The van der Waals surface area contributed by atoms with E-state index in [-0.39, 0.29) is 0 Å². The lowest BCUT2D eigenvalue weighted by atomic mass is 10.2. The summed E-state index contributed by atoms with van der Waals surface area (Å²) in [4.78, 5) is 10.4. The number of aromatic nitrogens is 3. The van der Waals surface area contributed by atoms with Gasteiger partial charge in [-0.05, 0) is 13.8 Å². The van der Waals surface area contributed by atoms with Crippen molar-refractivity contribution < 1.29 is 0 Å². The van der Waals surface area contributed by atoms with Crippen molar-refractivity contribution >= 4 is 11.3 Å². The maximum atomic E-state index is 4.75. The lowest BCUT2D eigenvalue weighted by molar-refractivity contribution is 0.605. The zero-order valence-corrected chi connectivity index (χ0v) is 10.9. The first kappa shape index (κ1) is 10.9. The van der Waals surface area contributed by atoms with Crippen molar-refractivity contribution in [3.8, 4) is 10.7 Å². The van der Waals surface area contributed by atoms with Gasteiger partial charge in [0.05, 0.1) is 23.9 Å². The minimum Gasteiger partial charge on any atom is -0.326 e. The molecule has 0 saturated heterocycles. The molecule has 0 aliphatic carbocycles. The Morgan fingerprint density at radius 2 is 2.35 bits per heavy atom. The number of nitrogens with one attached hydrogen (secondary N) is 1. The molecule has 5 heteroatoms. The number of hydrogen-bond donors (Lipinski definition) is 1. The van der Waals surface area contributed by atoms with Crippen LogP contribution in [0.2, 0.25) is 0 Å². The fraction of sp³-hybridized carbons (Fsp3) is 0.500. The molecule has 0 unspecified atom stereocenters. The van der Waals surface area contributed by atoms with Crippen LogP contribution < -0.4 is 5.32 Å². The standard InChI is InChI=1S/C12H16N4S/c1-8(2)16-7-14-5-10(16)12-15-9-3-4-13-6-11(9)17-12/h5,7-8,13H,3-4,6H2,1-2H3. The molecule has 17 heavy (non-hydrogen) atoms. The molecule has 4 nitrogen and oxygen atoms in total. The molecule has 2 aromatic heterocycles. The monoisotopic (exact) mass is 248 g/mol. The van der Waals surface area contributed by atoms with Gasteiger partial charge in [0.1, 0.15) is 5.01 Å². The molecule has 1 aliphatic rings. The third-order valence-electron chi connectivity index (χ3n) is 3.04. The van der Waals surface area contributed by atoms with E-state index in [0.717, 1.165) is 30.2 Å². The highest BCUT2D eigenvalue weighted by Crippen LogP contribution is 2.30. The Kier molecular flexibility index (Phi) is 2.72. The van der Waals surface area contributed by atoms with Crippen LogP contribution in [-0.4, -0.2) is 21.1 Å². The summed E-state index contributed by atoms with van der Waals surface area (Å²) in [5.74, 6) is 0. The van der Waals surface area contributed by atoms with E-state index in [0.29, 0.717) is 6.04 Å². The van der Waals surface area contributed by atoms with Crippen LogP contribution >= 0.6 is 11.3 Å². The van der Waals surface area contributed by atoms with Gasteiger partial charge in [-0.15, -0.1) is 11.3 Å². The maximum Gasteiger partial charge on any atom is 0.142 e.